The van der Waals surface area contributed by atoms with E-state index >= 15 is 0 Å². The molecule has 6 heterocycles. The number of ether oxygens (including phenoxy) is 1. The maximum Gasteiger partial charge on any atom is 0.272 e. The molecule has 176 valence electrons. The van der Waals surface area contributed by atoms with Gasteiger partial charge in [-0.2, -0.15) is 0 Å². The molecule has 7 heteroatoms. The fraction of sp³-hybridized carbons (Fsp3) is 0.519. The first-order valence-electron chi connectivity index (χ1n) is 12.3. The van der Waals surface area contributed by atoms with E-state index in [1.807, 2.05) is 49.1 Å². The van der Waals surface area contributed by atoms with Gasteiger partial charge >= 0.3 is 0 Å². The third-order valence-corrected chi connectivity index (χ3v) is 9.20. The molecule has 4 fully saturated rings. The van der Waals surface area contributed by atoms with E-state index in [0.717, 1.165) is 40.3 Å². The van der Waals surface area contributed by atoms with Gasteiger partial charge in [0.05, 0.1) is 11.0 Å². The van der Waals surface area contributed by atoms with Crippen molar-refractivity contribution in [3.8, 4) is 5.75 Å². The minimum Gasteiger partial charge on any atom is -0.483 e. The van der Waals surface area contributed by atoms with Gasteiger partial charge in [-0.3, -0.25) is 14.8 Å². The van der Waals surface area contributed by atoms with Gasteiger partial charge in [-0.05, 0) is 77.3 Å². The molecule has 34 heavy (non-hydrogen) atoms. The van der Waals surface area contributed by atoms with Gasteiger partial charge in [-0.1, -0.05) is 0 Å². The van der Waals surface area contributed by atoms with Crippen LogP contribution < -0.4 is 10.1 Å². The molecular weight excluding hydrogens is 430 g/mol. The van der Waals surface area contributed by atoms with Gasteiger partial charge < -0.3 is 15.0 Å². The molecule has 2 amide bonds. The smallest absolute Gasteiger partial charge is 0.272 e. The molecule has 8 rings (SSSR count). The normalized spacial score (nSPS) is 35.5. The van der Waals surface area contributed by atoms with Crippen LogP contribution in [0, 0.1) is 11.3 Å². The molecule has 3 atom stereocenters. The van der Waals surface area contributed by atoms with Crippen molar-refractivity contribution in [1.82, 2.24) is 10.2 Å². The number of fused-ring (bicyclic) bond motifs is 5. The Morgan fingerprint density at radius 3 is 2.79 bits per heavy atom. The van der Waals surface area contributed by atoms with Gasteiger partial charge in [-0.15, -0.1) is 0 Å². The highest BCUT2D eigenvalue weighted by molar-refractivity contribution is 6.12. The van der Waals surface area contributed by atoms with E-state index in [1.165, 1.54) is 4.74 Å². The third-order valence-electron chi connectivity index (χ3n) is 9.20. The molecule has 1 aliphatic carbocycles. The molecule has 7 aliphatic rings. The second kappa shape index (κ2) is 5.75. The quantitative estimate of drug-likeness (QED) is 0.461. The molecule has 4 saturated heterocycles. The molecular formula is C27H30N3O4+. The number of allylic oxidation sites excluding steroid dienone is 1. The summed E-state index contributed by atoms with van der Waals surface area (Å²) >= 11 is 0. The predicted molar refractivity (Wildman–Crippen MR) is 125 cm³/mol. The van der Waals surface area contributed by atoms with Crippen molar-refractivity contribution in [3.63, 3.8) is 0 Å². The second-order valence-corrected chi connectivity index (χ2v) is 11.9. The summed E-state index contributed by atoms with van der Waals surface area (Å²) in [5.41, 5.74) is 1.56. The Balaban J connectivity index is 1.46. The van der Waals surface area contributed by atoms with E-state index in [4.69, 9.17) is 4.74 Å². The molecule has 2 unspecified atom stereocenters. The second-order valence-electron chi connectivity index (χ2n) is 11.9. The zero-order valence-corrected chi connectivity index (χ0v) is 20.1. The zero-order chi connectivity index (χ0) is 23.8. The van der Waals surface area contributed by atoms with Crippen molar-refractivity contribution in [2.45, 2.75) is 70.1 Å². The minimum absolute atomic E-state index is 0.0137. The number of hydrogen-bond acceptors (Lipinski definition) is 4. The van der Waals surface area contributed by atoms with Crippen LogP contribution in [-0.4, -0.2) is 55.6 Å². The number of carbonyl (C=O) groups is 2. The van der Waals surface area contributed by atoms with Gasteiger partial charge in [0.2, 0.25) is 11.6 Å². The Kier molecular flexibility index (Phi) is 3.44. The van der Waals surface area contributed by atoms with Crippen molar-refractivity contribution in [2.75, 3.05) is 6.54 Å². The lowest BCUT2D eigenvalue weighted by Crippen LogP contribution is -2.83. The van der Waals surface area contributed by atoms with Gasteiger partial charge in [0.15, 0.2) is 0 Å². The highest BCUT2D eigenvalue weighted by atomic mass is 16.5. The number of hydrogen-bond donors (Lipinski definition) is 2. The van der Waals surface area contributed by atoms with Gasteiger partial charge in [-0.25, -0.2) is 0 Å². The highest BCUT2D eigenvalue weighted by Gasteiger charge is 2.73. The number of benzene rings is 1. The molecule has 2 spiro atoms. The van der Waals surface area contributed by atoms with Crippen LogP contribution >= 0.6 is 0 Å². The summed E-state index contributed by atoms with van der Waals surface area (Å²) in [4.78, 5) is 29.0. The number of piperidine rings is 2. The van der Waals surface area contributed by atoms with E-state index in [1.54, 1.807) is 0 Å². The number of piperazine rings is 1. The topological polar surface area (TPSA) is 81.9 Å². The fourth-order valence-electron chi connectivity index (χ4n) is 7.72. The lowest BCUT2D eigenvalue weighted by atomic mass is 9.51. The Morgan fingerprint density at radius 1 is 1.21 bits per heavy atom. The standard InChI is InChI=1S/C27H29N3O4/c1-24(2)10-8-17-18(34-24)7-6-15-12-16-13-27-19(25(3,4)21(16)30(33)20(15)17)14-26(22(31)28-27)9-5-11-29(26)23(27)32/h6-8,10,13,19H,5,9,11-12,14H2,1-4H3,(H-,28,31,33)/p+1/t19?,26?,27-/m1/s1. The highest BCUT2D eigenvalue weighted by Crippen LogP contribution is 2.59. The lowest BCUT2D eigenvalue weighted by molar-refractivity contribution is -0.716. The van der Waals surface area contributed by atoms with Crippen molar-refractivity contribution in [1.29, 1.82) is 0 Å². The van der Waals surface area contributed by atoms with Crippen LogP contribution in [0.5, 0.6) is 5.75 Å². The lowest BCUT2D eigenvalue weighted by Gasteiger charge is -2.62. The molecule has 1 aromatic carbocycles. The van der Waals surface area contributed by atoms with Crippen LogP contribution in [0.25, 0.3) is 6.08 Å². The Bertz CT molecular complexity index is 1320. The van der Waals surface area contributed by atoms with Gasteiger partial charge in [0.25, 0.3) is 11.6 Å². The van der Waals surface area contributed by atoms with Crippen LogP contribution in [0.4, 0.5) is 5.69 Å². The maximum atomic E-state index is 13.9. The molecule has 2 N–H and O–H groups in total. The third kappa shape index (κ3) is 2.13. The summed E-state index contributed by atoms with van der Waals surface area (Å²) in [5.74, 6) is 0.607. The van der Waals surface area contributed by atoms with E-state index in [-0.39, 0.29) is 17.7 Å². The zero-order valence-electron chi connectivity index (χ0n) is 20.1. The first kappa shape index (κ1) is 20.3. The average molecular weight is 461 g/mol. The minimum atomic E-state index is -1.05. The van der Waals surface area contributed by atoms with E-state index in [2.05, 4.69) is 19.2 Å². The molecule has 0 aromatic heterocycles. The van der Waals surface area contributed by atoms with Crippen LogP contribution in [0.15, 0.2) is 29.9 Å². The number of rotatable bonds is 0. The first-order valence-corrected chi connectivity index (χ1v) is 12.3. The maximum absolute atomic E-state index is 13.9. The summed E-state index contributed by atoms with van der Waals surface area (Å²) in [6, 6.07) is 3.95. The Hall–Kier alpha value is -3.09. The molecule has 1 aromatic rings. The van der Waals surface area contributed by atoms with Crippen molar-refractivity contribution >= 4 is 29.3 Å². The molecule has 6 aliphatic heterocycles. The summed E-state index contributed by atoms with van der Waals surface area (Å²) in [7, 11) is 0. The SMILES string of the molecule is CC1(C)C=Cc2c(ccc3c2[N+](O)=C2C(=C[C@]45NC(=O)C6(CCCN6C4=O)CC5C2(C)C)C3)O1. The molecule has 2 bridgehead atoms. The van der Waals surface area contributed by atoms with Crippen LogP contribution in [0.1, 0.15) is 58.1 Å². The summed E-state index contributed by atoms with van der Waals surface area (Å²) in [5, 5.41) is 14.9. The Labute approximate surface area is 198 Å². The average Bonchev–Trinajstić information content (AvgIpc) is 3.19. The summed E-state index contributed by atoms with van der Waals surface area (Å²) in [6.07, 6.45) is 8.77. The van der Waals surface area contributed by atoms with Crippen molar-refractivity contribution in [2.24, 2.45) is 11.3 Å². The fourth-order valence-corrected chi connectivity index (χ4v) is 7.72. The number of amides is 2. The summed E-state index contributed by atoms with van der Waals surface area (Å²) in [6.45, 7) is 8.88. The number of carbonyl (C=O) groups excluding carboxylic acids is 2. The van der Waals surface area contributed by atoms with Crippen molar-refractivity contribution < 1.29 is 24.3 Å². The van der Waals surface area contributed by atoms with E-state index < -0.39 is 22.1 Å². The largest absolute Gasteiger partial charge is 0.483 e. The van der Waals surface area contributed by atoms with Crippen LogP contribution in [0.2, 0.25) is 0 Å². The molecule has 7 nitrogen and oxygen atoms in total. The summed E-state index contributed by atoms with van der Waals surface area (Å²) < 4.78 is 7.51. The van der Waals surface area contributed by atoms with Crippen molar-refractivity contribution in [3.05, 3.63) is 41.0 Å². The Morgan fingerprint density at radius 2 is 2.00 bits per heavy atom. The predicted octanol–water partition coefficient (Wildman–Crippen LogP) is 3.12. The van der Waals surface area contributed by atoms with E-state index in [9.17, 15) is 14.8 Å². The monoisotopic (exact) mass is 460 g/mol. The van der Waals surface area contributed by atoms with E-state index in [0.29, 0.717) is 25.8 Å². The molecule has 0 radical (unpaired) electrons. The number of nitrogens with one attached hydrogen (secondary N) is 1. The van der Waals surface area contributed by atoms with Gasteiger partial charge in [0.1, 0.15) is 22.4 Å². The molecule has 0 saturated carbocycles. The van der Waals surface area contributed by atoms with Gasteiger partial charge in [0, 0.05) is 34.8 Å². The number of nitrogens with zero attached hydrogens (tertiary/aromatic N) is 2. The first-order chi connectivity index (χ1) is 16.0. The van der Waals surface area contributed by atoms with Crippen LogP contribution in [0.3, 0.4) is 0 Å². The van der Waals surface area contributed by atoms with Crippen LogP contribution in [-0.2, 0) is 16.0 Å².